The number of aromatic nitrogens is 1. The Morgan fingerprint density at radius 1 is 0.889 bits per heavy atom. The van der Waals surface area contributed by atoms with E-state index in [0.29, 0.717) is 23.8 Å². The SMILES string of the molecule is COc1cc(Cn2cc(C3c4cc5c(cc4CCN3C)OCO5)c3ccccc32)cc(OC)c1OC. The Hall–Kier alpha value is -3.84. The second kappa shape index (κ2) is 8.99. The highest BCUT2D eigenvalue weighted by atomic mass is 16.7. The lowest BCUT2D eigenvalue weighted by Crippen LogP contribution is -2.32. The molecule has 7 heteroatoms. The van der Waals surface area contributed by atoms with Gasteiger partial charge in [-0.3, -0.25) is 4.90 Å². The van der Waals surface area contributed by atoms with Crippen molar-refractivity contribution in [3.8, 4) is 28.7 Å². The van der Waals surface area contributed by atoms with E-state index in [4.69, 9.17) is 23.7 Å². The molecule has 0 spiro atoms. The zero-order valence-electron chi connectivity index (χ0n) is 21.0. The minimum Gasteiger partial charge on any atom is -0.493 e. The van der Waals surface area contributed by atoms with Crippen LogP contribution in [0.25, 0.3) is 10.9 Å². The zero-order valence-corrected chi connectivity index (χ0v) is 21.0. The number of methoxy groups -OCH3 is 3. The van der Waals surface area contributed by atoms with Gasteiger partial charge < -0.3 is 28.3 Å². The molecule has 0 aliphatic carbocycles. The number of nitrogens with zero attached hydrogens (tertiary/aromatic N) is 2. The normalized spacial score (nSPS) is 16.7. The maximum absolute atomic E-state index is 5.74. The number of para-hydroxylation sites is 1. The van der Waals surface area contributed by atoms with E-state index < -0.39 is 0 Å². The summed E-state index contributed by atoms with van der Waals surface area (Å²) in [6.45, 7) is 1.93. The predicted molar refractivity (Wildman–Crippen MR) is 138 cm³/mol. The van der Waals surface area contributed by atoms with Crippen molar-refractivity contribution >= 4 is 10.9 Å². The molecule has 2 aliphatic rings. The Labute approximate surface area is 210 Å². The molecule has 186 valence electrons. The summed E-state index contributed by atoms with van der Waals surface area (Å²) in [7, 11) is 7.11. The van der Waals surface area contributed by atoms with Crippen LogP contribution in [0.1, 0.15) is 28.3 Å². The van der Waals surface area contributed by atoms with Crippen LogP contribution in [0.15, 0.2) is 54.7 Å². The molecule has 3 aromatic carbocycles. The highest BCUT2D eigenvalue weighted by Crippen LogP contribution is 2.44. The Kier molecular flexibility index (Phi) is 5.64. The summed E-state index contributed by atoms with van der Waals surface area (Å²) in [6.07, 6.45) is 3.28. The molecular formula is C29H30N2O5. The first kappa shape index (κ1) is 22.6. The van der Waals surface area contributed by atoms with Crippen molar-refractivity contribution in [1.82, 2.24) is 9.47 Å². The van der Waals surface area contributed by atoms with Gasteiger partial charge in [0.2, 0.25) is 12.5 Å². The Bertz CT molecular complexity index is 1420. The van der Waals surface area contributed by atoms with E-state index in [1.807, 2.05) is 12.1 Å². The summed E-state index contributed by atoms with van der Waals surface area (Å²) >= 11 is 0. The van der Waals surface area contributed by atoms with Crippen molar-refractivity contribution in [2.45, 2.75) is 19.0 Å². The van der Waals surface area contributed by atoms with Crippen LogP contribution in [0.3, 0.4) is 0 Å². The number of rotatable bonds is 6. The van der Waals surface area contributed by atoms with E-state index in [9.17, 15) is 0 Å². The molecule has 6 rings (SSSR count). The van der Waals surface area contributed by atoms with E-state index in [0.717, 1.165) is 30.0 Å². The molecular weight excluding hydrogens is 456 g/mol. The first-order valence-electron chi connectivity index (χ1n) is 12.1. The van der Waals surface area contributed by atoms with Gasteiger partial charge in [0.25, 0.3) is 0 Å². The summed E-state index contributed by atoms with van der Waals surface area (Å²) < 4.78 is 30.4. The number of ether oxygens (including phenoxy) is 5. The summed E-state index contributed by atoms with van der Waals surface area (Å²) in [5.74, 6) is 3.58. The maximum Gasteiger partial charge on any atom is 0.231 e. The number of hydrogen-bond donors (Lipinski definition) is 0. The molecule has 3 heterocycles. The van der Waals surface area contributed by atoms with Crippen LogP contribution in [0.4, 0.5) is 0 Å². The van der Waals surface area contributed by atoms with Crippen LogP contribution in [-0.2, 0) is 13.0 Å². The fourth-order valence-corrected chi connectivity index (χ4v) is 5.59. The van der Waals surface area contributed by atoms with Gasteiger partial charge in [0.15, 0.2) is 23.0 Å². The Morgan fingerprint density at radius 2 is 1.61 bits per heavy atom. The molecule has 1 unspecified atom stereocenters. The minimum atomic E-state index is 0.120. The molecule has 0 amide bonds. The molecule has 1 aromatic heterocycles. The average Bonchev–Trinajstić information content (AvgIpc) is 3.51. The van der Waals surface area contributed by atoms with Crippen LogP contribution in [0.2, 0.25) is 0 Å². The standard InChI is InChI=1S/C29H30N2O5/c1-30-10-9-19-13-24-25(36-17-35-24)14-21(19)28(30)22-16-31(23-8-6-5-7-20(22)23)15-18-11-26(32-2)29(34-4)27(12-18)33-3/h5-8,11-14,16,28H,9-10,15,17H2,1-4H3. The van der Waals surface area contributed by atoms with Gasteiger partial charge in [0.05, 0.1) is 27.4 Å². The van der Waals surface area contributed by atoms with Crippen LogP contribution in [-0.4, -0.2) is 51.2 Å². The molecule has 0 saturated heterocycles. The molecule has 7 nitrogen and oxygen atoms in total. The van der Waals surface area contributed by atoms with Crippen LogP contribution in [0, 0.1) is 0 Å². The van der Waals surface area contributed by atoms with Crippen LogP contribution < -0.4 is 23.7 Å². The van der Waals surface area contributed by atoms with Crippen molar-refractivity contribution in [3.05, 3.63) is 77.0 Å². The fourth-order valence-electron chi connectivity index (χ4n) is 5.59. The summed E-state index contributed by atoms with van der Waals surface area (Å²) in [4.78, 5) is 2.43. The Morgan fingerprint density at radius 3 is 2.33 bits per heavy atom. The van der Waals surface area contributed by atoms with Crippen molar-refractivity contribution < 1.29 is 23.7 Å². The summed E-state index contributed by atoms with van der Waals surface area (Å²) in [6, 6.07) is 17.1. The van der Waals surface area contributed by atoms with Gasteiger partial charge in [-0.25, -0.2) is 0 Å². The van der Waals surface area contributed by atoms with E-state index in [1.54, 1.807) is 21.3 Å². The molecule has 0 N–H and O–H groups in total. The van der Waals surface area contributed by atoms with Crippen LogP contribution in [0.5, 0.6) is 28.7 Å². The molecule has 0 saturated carbocycles. The molecule has 4 aromatic rings. The maximum atomic E-state index is 5.74. The topological polar surface area (TPSA) is 54.3 Å². The highest BCUT2D eigenvalue weighted by Gasteiger charge is 2.31. The first-order valence-corrected chi connectivity index (χ1v) is 12.1. The number of benzene rings is 3. The highest BCUT2D eigenvalue weighted by molar-refractivity contribution is 5.85. The molecule has 2 aliphatic heterocycles. The third kappa shape index (κ3) is 3.62. The van der Waals surface area contributed by atoms with E-state index >= 15 is 0 Å². The lowest BCUT2D eigenvalue weighted by molar-refractivity contribution is 0.174. The third-order valence-electron chi connectivity index (χ3n) is 7.30. The van der Waals surface area contributed by atoms with E-state index in [1.165, 1.54) is 27.6 Å². The number of likely N-dealkylation sites (N-methyl/N-ethyl adjacent to an activating group) is 1. The largest absolute Gasteiger partial charge is 0.493 e. The number of fused-ring (bicyclic) bond motifs is 3. The quantitative estimate of drug-likeness (QED) is 0.381. The lowest BCUT2D eigenvalue weighted by Gasteiger charge is -2.34. The van der Waals surface area contributed by atoms with Crippen molar-refractivity contribution in [3.63, 3.8) is 0 Å². The first-order chi connectivity index (χ1) is 17.6. The van der Waals surface area contributed by atoms with E-state index in [-0.39, 0.29) is 12.8 Å². The molecule has 36 heavy (non-hydrogen) atoms. The summed E-state index contributed by atoms with van der Waals surface area (Å²) in [5, 5.41) is 1.24. The fraction of sp³-hybridized carbons (Fsp3) is 0.310. The van der Waals surface area contributed by atoms with Gasteiger partial charge in [-0.05, 0) is 66.1 Å². The lowest BCUT2D eigenvalue weighted by atomic mass is 9.88. The molecule has 0 fully saturated rings. The molecule has 1 atom stereocenters. The zero-order chi connectivity index (χ0) is 24.8. The second-order valence-electron chi connectivity index (χ2n) is 9.30. The van der Waals surface area contributed by atoms with Crippen LogP contribution >= 0.6 is 0 Å². The smallest absolute Gasteiger partial charge is 0.231 e. The average molecular weight is 487 g/mol. The van der Waals surface area contributed by atoms with Gasteiger partial charge in [0, 0.05) is 30.2 Å². The molecule has 0 radical (unpaired) electrons. The van der Waals surface area contributed by atoms with Gasteiger partial charge in [-0.2, -0.15) is 0 Å². The minimum absolute atomic E-state index is 0.120. The number of hydrogen-bond acceptors (Lipinski definition) is 6. The van der Waals surface area contributed by atoms with Crippen molar-refractivity contribution in [2.24, 2.45) is 0 Å². The van der Waals surface area contributed by atoms with Crippen molar-refractivity contribution in [2.75, 3.05) is 41.7 Å². The van der Waals surface area contributed by atoms with Gasteiger partial charge >= 0.3 is 0 Å². The predicted octanol–water partition coefficient (Wildman–Crippen LogP) is 5.02. The Balaban J connectivity index is 1.46. The third-order valence-corrected chi connectivity index (χ3v) is 7.30. The van der Waals surface area contributed by atoms with Gasteiger partial charge in [0.1, 0.15) is 0 Å². The molecule has 0 bridgehead atoms. The van der Waals surface area contributed by atoms with Crippen molar-refractivity contribution in [1.29, 1.82) is 0 Å². The van der Waals surface area contributed by atoms with Gasteiger partial charge in [-0.15, -0.1) is 0 Å². The van der Waals surface area contributed by atoms with E-state index in [2.05, 4.69) is 59.1 Å². The van der Waals surface area contributed by atoms with Gasteiger partial charge in [-0.1, -0.05) is 18.2 Å². The second-order valence-corrected chi connectivity index (χ2v) is 9.30. The summed E-state index contributed by atoms with van der Waals surface area (Å²) in [5.41, 5.74) is 6.13. The monoisotopic (exact) mass is 486 g/mol.